The van der Waals surface area contributed by atoms with Gasteiger partial charge in [0.2, 0.25) is 0 Å². The number of para-hydroxylation sites is 1. The van der Waals surface area contributed by atoms with Crippen LogP contribution in [-0.4, -0.2) is 43.5 Å². The average Bonchev–Trinajstić information content (AvgIpc) is 2.99. The zero-order chi connectivity index (χ0) is 31.6. The maximum Gasteiger partial charge on any atom is 0.338 e. The van der Waals surface area contributed by atoms with Crippen molar-refractivity contribution in [3.8, 4) is 17.2 Å². The van der Waals surface area contributed by atoms with Crippen molar-refractivity contribution in [1.82, 2.24) is 16.1 Å². The monoisotopic (exact) mass is 684 g/mol. The highest BCUT2D eigenvalue weighted by atomic mass is 79.9. The van der Waals surface area contributed by atoms with Crippen molar-refractivity contribution in [2.24, 2.45) is 5.10 Å². The fourth-order valence-corrected chi connectivity index (χ4v) is 5.01. The van der Waals surface area contributed by atoms with Crippen molar-refractivity contribution in [1.29, 1.82) is 0 Å². The van der Waals surface area contributed by atoms with Gasteiger partial charge in [0.1, 0.15) is 18.2 Å². The summed E-state index contributed by atoms with van der Waals surface area (Å²) in [4.78, 5) is 25.3. The van der Waals surface area contributed by atoms with E-state index in [0.717, 1.165) is 0 Å². The second-order valence-corrected chi connectivity index (χ2v) is 10.6. The van der Waals surface area contributed by atoms with Gasteiger partial charge in [-0.3, -0.25) is 4.79 Å². The highest BCUT2D eigenvalue weighted by Gasteiger charge is 2.32. The highest BCUT2D eigenvalue weighted by molar-refractivity contribution is 9.10. The topological polar surface area (TPSA) is 120 Å². The molecule has 3 aromatic rings. The number of carbonyl (C=O) groups is 2. The molecule has 0 fully saturated rings. The Morgan fingerprint density at radius 2 is 1.89 bits per heavy atom. The number of benzene rings is 3. The lowest BCUT2D eigenvalue weighted by atomic mass is 9.95. The molecule has 4 rings (SSSR count). The summed E-state index contributed by atoms with van der Waals surface area (Å²) in [7, 11) is 1.50. The molecule has 0 aromatic heterocycles. The molecule has 1 heterocycles. The van der Waals surface area contributed by atoms with E-state index in [1.807, 2.05) is 0 Å². The summed E-state index contributed by atoms with van der Waals surface area (Å²) in [5, 5.41) is 10.4. The molecule has 1 aliphatic rings. The van der Waals surface area contributed by atoms with E-state index in [4.69, 9.17) is 31.2 Å². The number of hydrazone groups is 1. The molecule has 3 aromatic carbocycles. The van der Waals surface area contributed by atoms with Gasteiger partial charge in [0.15, 0.2) is 23.2 Å². The predicted molar refractivity (Wildman–Crippen MR) is 170 cm³/mol. The molecule has 0 saturated heterocycles. The van der Waals surface area contributed by atoms with Gasteiger partial charge in [-0.1, -0.05) is 30.3 Å². The Balaban J connectivity index is 1.40. The number of ether oxygens (including phenoxy) is 4. The zero-order valence-electron chi connectivity index (χ0n) is 24.1. The molecule has 1 aliphatic heterocycles. The number of hydrogen-bond donors (Lipinski definition) is 3. The van der Waals surface area contributed by atoms with E-state index < -0.39 is 17.9 Å². The zero-order valence-corrected chi connectivity index (χ0v) is 26.5. The van der Waals surface area contributed by atoms with Crippen LogP contribution in [0.15, 0.2) is 81.5 Å². The van der Waals surface area contributed by atoms with Gasteiger partial charge in [-0.2, -0.15) is 5.10 Å². The van der Waals surface area contributed by atoms with Crippen LogP contribution >= 0.6 is 28.1 Å². The quantitative estimate of drug-likeness (QED) is 0.104. The smallest absolute Gasteiger partial charge is 0.338 e. The molecule has 0 radical (unpaired) electrons. The minimum absolute atomic E-state index is 0.146. The summed E-state index contributed by atoms with van der Waals surface area (Å²) in [5.74, 6) is -0.105. The summed E-state index contributed by atoms with van der Waals surface area (Å²) in [6, 6.07) is 15.9. The lowest BCUT2D eigenvalue weighted by Crippen LogP contribution is -2.45. The fourth-order valence-electron chi connectivity index (χ4n) is 4.32. The van der Waals surface area contributed by atoms with Crippen LogP contribution in [-0.2, 0) is 20.9 Å². The lowest BCUT2D eigenvalue weighted by Gasteiger charge is -2.30. The molecule has 230 valence electrons. The third-order valence-corrected chi connectivity index (χ3v) is 7.22. The summed E-state index contributed by atoms with van der Waals surface area (Å²) < 4.78 is 36.5. The molecule has 1 atom stereocenters. The minimum atomic E-state index is -0.645. The molecule has 0 aliphatic carbocycles. The van der Waals surface area contributed by atoms with E-state index in [1.165, 1.54) is 25.5 Å². The van der Waals surface area contributed by atoms with Crippen molar-refractivity contribution >= 4 is 51.4 Å². The van der Waals surface area contributed by atoms with Gasteiger partial charge in [-0.05, 0) is 77.9 Å². The van der Waals surface area contributed by atoms with Crippen LogP contribution < -0.4 is 30.3 Å². The molecule has 10 nitrogen and oxygen atoms in total. The first-order chi connectivity index (χ1) is 21.2. The molecular formula is C31H30BrFN4O6S. The van der Waals surface area contributed by atoms with E-state index in [0.29, 0.717) is 54.8 Å². The van der Waals surface area contributed by atoms with Gasteiger partial charge in [0, 0.05) is 21.3 Å². The summed E-state index contributed by atoms with van der Waals surface area (Å²) in [5.41, 5.74) is 5.23. The second-order valence-electron chi connectivity index (χ2n) is 9.35. The molecule has 44 heavy (non-hydrogen) atoms. The average molecular weight is 686 g/mol. The molecule has 13 heteroatoms. The van der Waals surface area contributed by atoms with Gasteiger partial charge in [0.25, 0.3) is 5.91 Å². The number of thiocarbonyl (C=S) groups is 1. The second kappa shape index (κ2) is 15.3. The van der Waals surface area contributed by atoms with E-state index >= 15 is 0 Å². The van der Waals surface area contributed by atoms with Gasteiger partial charge >= 0.3 is 5.97 Å². The SMILES string of the molecule is CCOC(=O)C1=C(C)NC(=S)N[C@@H]1c1ccccc1OCC(=O)NN=Cc1cc(OC)c(OCc2cccc(F)c2)cc1Br. The van der Waals surface area contributed by atoms with Crippen molar-refractivity contribution in [3.05, 3.63) is 98.9 Å². The number of hydrogen-bond acceptors (Lipinski definition) is 8. The van der Waals surface area contributed by atoms with Crippen LogP contribution in [0.4, 0.5) is 4.39 Å². The number of amides is 1. The third kappa shape index (κ3) is 8.32. The summed E-state index contributed by atoms with van der Waals surface area (Å²) in [6.07, 6.45) is 1.44. The highest BCUT2D eigenvalue weighted by Crippen LogP contribution is 2.35. The number of nitrogens with zero attached hydrogens (tertiary/aromatic N) is 1. The van der Waals surface area contributed by atoms with Crippen LogP contribution in [0, 0.1) is 5.82 Å². The molecule has 1 amide bonds. The van der Waals surface area contributed by atoms with E-state index in [2.05, 4.69) is 37.1 Å². The van der Waals surface area contributed by atoms with Gasteiger partial charge in [-0.15, -0.1) is 0 Å². The molecule has 0 bridgehead atoms. The van der Waals surface area contributed by atoms with Gasteiger partial charge in [-0.25, -0.2) is 14.6 Å². The molecular weight excluding hydrogens is 655 g/mol. The number of halogens is 2. The van der Waals surface area contributed by atoms with Crippen LogP contribution in [0.1, 0.15) is 36.6 Å². The third-order valence-electron chi connectivity index (χ3n) is 6.31. The standard InChI is InChI=1S/C31H30BrFN4O6S/c1-4-41-30(39)28-18(2)35-31(44)36-29(28)22-10-5-6-11-24(22)43-17-27(38)37-34-15-20-13-25(40-3)26(14-23(20)32)42-16-19-8-7-9-21(33)12-19/h5-15,29H,4,16-17H2,1-3H3,(H,37,38)(H2,35,36,44)/t29-/m1/s1. The summed E-state index contributed by atoms with van der Waals surface area (Å²) in [6.45, 7) is 3.48. The first kappa shape index (κ1) is 32.4. The number of nitrogens with one attached hydrogen (secondary N) is 3. The number of rotatable bonds is 12. The Kier molecular flexibility index (Phi) is 11.3. The van der Waals surface area contributed by atoms with Crippen molar-refractivity contribution in [2.45, 2.75) is 26.5 Å². The number of carbonyl (C=O) groups excluding carboxylic acids is 2. The van der Waals surface area contributed by atoms with Crippen LogP contribution in [0.5, 0.6) is 17.2 Å². The van der Waals surface area contributed by atoms with Gasteiger partial charge in [0.05, 0.1) is 31.5 Å². The summed E-state index contributed by atoms with van der Waals surface area (Å²) >= 11 is 8.79. The van der Waals surface area contributed by atoms with Crippen molar-refractivity contribution in [2.75, 3.05) is 20.3 Å². The fraction of sp³-hybridized carbons (Fsp3) is 0.226. The van der Waals surface area contributed by atoms with Crippen LogP contribution in [0.25, 0.3) is 0 Å². The minimum Gasteiger partial charge on any atom is -0.493 e. The Bertz CT molecular complexity index is 1620. The van der Waals surface area contributed by atoms with Crippen molar-refractivity contribution in [3.63, 3.8) is 0 Å². The molecule has 0 saturated carbocycles. The first-order valence-electron chi connectivity index (χ1n) is 13.4. The normalized spacial score (nSPS) is 14.5. The first-order valence-corrected chi connectivity index (χ1v) is 14.6. The van der Waals surface area contributed by atoms with E-state index in [9.17, 15) is 14.0 Å². The Hall–Kier alpha value is -4.49. The number of allylic oxidation sites excluding steroid dienone is 1. The lowest BCUT2D eigenvalue weighted by molar-refractivity contribution is -0.139. The molecule has 3 N–H and O–H groups in total. The molecule has 0 unspecified atom stereocenters. The number of methoxy groups -OCH3 is 1. The Morgan fingerprint density at radius 1 is 1.09 bits per heavy atom. The van der Waals surface area contributed by atoms with Gasteiger partial charge < -0.3 is 29.6 Å². The predicted octanol–water partition coefficient (Wildman–Crippen LogP) is 5.06. The van der Waals surface area contributed by atoms with Crippen molar-refractivity contribution < 1.29 is 32.9 Å². The largest absolute Gasteiger partial charge is 0.493 e. The Labute approximate surface area is 267 Å². The van der Waals surface area contributed by atoms with E-state index in [1.54, 1.807) is 62.4 Å². The van der Waals surface area contributed by atoms with E-state index in [-0.39, 0.29) is 25.6 Å². The maximum atomic E-state index is 13.5. The van der Waals surface area contributed by atoms with Crippen LogP contribution in [0.2, 0.25) is 0 Å². The number of esters is 1. The maximum absolute atomic E-state index is 13.5. The Morgan fingerprint density at radius 3 is 2.64 bits per heavy atom. The molecule has 0 spiro atoms. The van der Waals surface area contributed by atoms with Crippen LogP contribution in [0.3, 0.4) is 0 Å².